The Morgan fingerprint density at radius 1 is 1.67 bits per heavy atom. The smallest absolute Gasteiger partial charge is 0.224 e. The van der Waals surface area contributed by atoms with Gasteiger partial charge in [0.1, 0.15) is 0 Å². The van der Waals surface area contributed by atoms with Gasteiger partial charge in [-0.3, -0.25) is 4.79 Å². The third-order valence-corrected chi connectivity index (χ3v) is 2.90. The van der Waals surface area contributed by atoms with E-state index in [4.69, 9.17) is 5.73 Å². The Kier molecular flexibility index (Phi) is 2.77. The third-order valence-electron chi connectivity index (χ3n) is 2.90. The number of hydrogen-bond acceptors (Lipinski definition) is 2. The van der Waals surface area contributed by atoms with Crippen molar-refractivity contribution in [3.8, 4) is 0 Å². The van der Waals surface area contributed by atoms with Crippen LogP contribution >= 0.6 is 0 Å². The second-order valence-electron chi connectivity index (χ2n) is 4.04. The number of H-pyrrole nitrogens is 1. The molecule has 0 spiro atoms. The summed E-state index contributed by atoms with van der Waals surface area (Å²) < 4.78 is 0. The average Bonchev–Trinajstić information content (AvgIpc) is 2.77. The van der Waals surface area contributed by atoms with E-state index < -0.39 is 0 Å². The van der Waals surface area contributed by atoms with Gasteiger partial charge in [-0.25, -0.2) is 0 Å². The normalized spacial score (nSPS) is 26.3. The van der Waals surface area contributed by atoms with Crippen molar-refractivity contribution in [2.24, 2.45) is 5.73 Å². The molecule has 0 radical (unpaired) electrons. The van der Waals surface area contributed by atoms with Crippen LogP contribution in [0.3, 0.4) is 0 Å². The lowest BCUT2D eigenvalue weighted by molar-refractivity contribution is -0.129. The zero-order valence-corrected chi connectivity index (χ0v) is 8.94. The van der Waals surface area contributed by atoms with Gasteiger partial charge in [0.15, 0.2) is 0 Å². The highest BCUT2D eigenvalue weighted by atomic mass is 16.2. The maximum absolute atomic E-state index is 11.7. The largest absolute Gasteiger partial charge is 0.367 e. The number of hydrogen-bond donors (Lipinski definition) is 2. The predicted molar refractivity (Wildman–Crippen MR) is 58.1 cm³/mol. The van der Waals surface area contributed by atoms with Crippen molar-refractivity contribution in [2.75, 3.05) is 6.54 Å². The highest BCUT2D eigenvalue weighted by Gasteiger charge is 2.37. The monoisotopic (exact) mass is 207 g/mol. The van der Waals surface area contributed by atoms with E-state index in [1.54, 1.807) is 0 Å². The highest BCUT2D eigenvalue weighted by Crippen LogP contribution is 2.31. The van der Waals surface area contributed by atoms with Crippen molar-refractivity contribution in [2.45, 2.75) is 31.8 Å². The number of nitrogens with one attached hydrogen (secondary N) is 1. The van der Waals surface area contributed by atoms with Gasteiger partial charge in [-0.2, -0.15) is 0 Å². The molecule has 2 rings (SSSR count). The van der Waals surface area contributed by atoms with E-state index in [-0.39, 0.29) is 18.0 Å². The number of nitrogens with zero attached hydrogens (tertiary/aromatic N) is 1. The van der Waals surface area contributed by atoms with Crippen molar-refractivity contribution in [1.82, 2.24) is 9.88 Å². The minimum Gasteiger partial charge on any atom is -0.367 e. The Morgan fingerprint density at radius 3 is 3.07 bits per heavy atom. The summed E-state index contributed by atoms with van der Waals surface area (Å²) in [7, 11) is 0. The standard InChI is InChI=1S/C11H17N3O/c1-2-5-14-10(15)6-9(12)11(14)8-3-4-13-7-8/h3-4,7,9,11,13H,2,5-6,12H2,1H3. The molecule has 1 fully saturated rings. The molecule has 3 N–H and O–H groups in total. The van der Waals surface area contributed by atoms with E-state index in [1.807, 2.05) is 23.4 Å². The number of rotatable bonds is 3. The second kappa shape index (κ2) is 4.06. The number of carbonyl (C=O) groups excluding carboxylic acids is 1. The van der Waals surface area contributed by atoms with Gasteiger partial charge in [-0.05, 0) is 18.1 Å². The summed E-state index contributed by atoms with van der Waals surface area (Å²) in [6.45, 7) is 2.87. The van der Waals surface area contributed by atoms with Gasteiger partial charge in [0.05, 0.1) is 6.04 Å². The average molecular weight is 207 g/mol. The molecule has 0 saturated carbocycles. The number of likely N-dealkylation sites (tertiary alicyclic amines) is 1. The molecule has 2 heterocycles. The molecule has 1 aliphatic heterocycles. The van der Waals surface area contributed by atoms with Crippen molar-refractivity contribution in [1.29, 1.82) is 0 Å². The maximum atomic E-state index is 11.7. The zero-order chi connectivity index (χ0) is 10.8. The Bertz CT molecular complexity index is 334. The molecule has 1 amide bonds. The number of aromatic amines is 1. The van der Waals surface area contributed by atoms with Crippen LogP contribution in [0.25, 0.3) is 0 Å². The van der Waals surface area contributed by atoms with E-state index >= 15 is 0 Å². The molecule has 0 aliphatic carbocycles. The molecule has 0 aromatic carbocycles. The molecular weight excluding hydrogens is 190 g/mol. The van der Waals surface area contributed by atoms with E-state index in [9.17, 15) is 4.79 Å². The first-order chi connectivity index (χ1) is 7.24. The summed E-state index contributed by atoms with van der Waals surface area (Å²) in [5.41, 5.74) is 7.12. The van der Waals surface area contributed by atoms with Crippen molar-refractivity contribution >= 4 is 5.91 Å². The number of nitrogens with two attached hydrogens (primary N) is 1. The molecule has 2 atom stereocenters. The molecule has 1 aromatic heterocycles. The van der Waals surface area contributed by atoms with Crippen LogP contribution in [0.4, 0.5) is 0 Å². The molecule has 15 heavy (non-hydrogen) atoms. The lowest BCUT2D eigenvalue weighted by Crippen LogP contribution is -2.33. The van der Waals surface area contributed by atoms with Crippen molar-refractivity contribution in [3.05, 3.63) is 24.0 Å². The van der Waals surface area contributed by atoms with Crippen LogP contribution in [0.2, 0.25) is 0 Å². The van der Waals surface area contributed by atoms with Gasteiger partial charge in [0.2, 0.25) is 5.91 Å². The fourth-order valence-electron chi connectivity index (χ4n) is 2.27. The minimum atomic E-state index is -0.0696. The van der Waals surface area contributed by atoms with Crippen LogP contribution in [-0.2, 0) is 4.79 Å². The fourth-order valence-corrected chi connectivity index (χ4v) is 2.27. The summed E-state index contributed by atoms with van der Waals surface area (Å²) in [4.78, 5) is 16.6. The SMILES string of the molecule is CCCN1C(=O)CC(N)C1c1cc[nH]c1. The predicted octanol–water partition coefficient (Wildman–Crippen LogP) is 1.03. The molecule has 1 aliphatic rings. The molecule has 1 aromatic rings. The summed E-state index contributed by atoms with van der Waals surface area (Å²) in [6, 6.07) is 1.98. The Labute approximate surface area is 89.5 Å². The van der Waals surface area contributed by atoms with E-state index in [0.717, 1.165) is 18.5 Å². The second-order valence-corrected chi connectivity index (χ2v) is 4.04. The third kappa shape index (κ3) is 1.77. The van der Waals surface area contributed by atoms with Crippen LogP contribution in [0.1, 0.15) is 31.4 Å². The van der Waals surface area contributed by atoms with Gasteiger partial charge in [-0.15, -0.1) is 0 Å². The van der Waals surface area contributed by atoms with Crippen molar-refractivity contribution < 1.29 is 4.79 Å². The zero-order valence-electron chi connectivity index (χ0n) is 8.94. The Hall–Kier alpha value is -1.29. The van der Waals surface area contributed by atoms with Crippen LogP contribution in [-0.4, -0.2) is 28.4 Å². The quantitative estimate of drug-likeness (QED) is 0.777. The molecule has 4 heteroatoms. The summed E-state index contributed by atoms with van der Waals surface area (Å²) in [5.74, 6) is 0.176. The minimum absolute atomic E-state index is 0.0590. The maximum Gasteiger partial charge on any atom is 0.224 e. The van der Waals surface area contributed by atoms with Crippen LogP contribution < -0.4 is 5.73 Å². The molecular formula is C11H17N3O. The molecule has 2 unspecified atom stereocenters. The van der Waals surface area contributed by atoms with Gasteiger partial charge < -0.3 is 15.6 Å². The van der Waals surface area contributed by atoms with E-state index in [2.05, 4.69) is 11.9 Å². The first kappa shape index (κ1) is 10.2. The molecule has 4 nitrogen and oxygen atoms in total. The van der Waals surface area contributed by atoms with Crippen molar-refractivity contribution in [3.63, 3.8) is 0 Å². The van der Waals surface area contributed by atoms with Gasteiger partial charge in [-0.1, -0.05) is 6.92 Å². The van der Waals surface area contributed by atoms with Crippen LogP contribution in [0.15, 0.2) is 18.5 Å². The lowest BCUT2D eigenvalue weighted by Gasteiger charge is -2.25. The Balaban J connectivity index is 2.23. The molecule has 82 valence electrons. The summed E-state index contributed by atoms with van der Waals surface area (Å²) in [6.07, 6.45) is 5.23. The lowest BCUT2D eigenvalue weighted by atomic mass is 10.0. The van der Waals surface area contributed by atoms with E-state index in [0.29, 0.717) is 6.42 Å². The molecule has 0 bridgehead atoms. The number of aromatic nitrogens is 1. The number of carbonyl (C=O) groups is 1. The summed E-state index contributed by atoms with van der Waals surface area (Å²) >= 11 is 0. The van der Waals surface area contributed by atoms with Gasteiger partial charge in [0, 0.05) is 31.4 Å². The Morgan fingerprint density at radius 2 is 2.47 bits per heavy atom. The van der Waals surface area contributed by atoms with Crippen LogP contribution in [0, 0.1) is 0 Å². The highest BCUT2D eigenvalue weighted by molar-refractivity contribution is 5.80. The van der Waals surface area contributed by atoms with Gasteiger partial charge >= 0.3 is 0 Å². The molecule has 1 saturated heterocycles. The first-order valence-electron chi connectivity index (χ1n) is 5.41. The van der Waals surface area contributed by atoms with E-state index in [1.165, 1.54) is 0 Å². The topological polar surface area (TPSA) is 62.1 Å². The fraction of sp³-hybridized carbons (Fsp3) is 0.545. The van der Waals surface area contributed by atoms with Crippen LogP contribution in [0.5, 0.6) is 0 Å². The van der Waals surface area contributed by atoms with Gasteiger partial charge in [0.25, 0.3) is 0 Å². The summed E-state index contributed by atoms with van der Waals surface area (Å²) in [5, 5.41) is 0. The first-order valence-corrected chi connectivity index (χ1v) is 5.41. The number of amides is 1.